The first-order chi connectivity index (χ1) is 16.0. The van der Waals surface area contributed by atoms with Crippen LogP contribution in [0.5, 0.6) is 0 Å². The van der Waals surface area contributed by atoms with Crippen molar-refractivity contribution < 1.29 is 9.59 Å². The molecule has 3 rings (SSSR count). The molecule has 33 heavy (non-hydrogen) atoms. The average molecular weight is 445 g/mol. The summed E-state index contributed by atoms with van der Waals surface area (Å²) in [6.45, 7) is 6.99. The zero-order valence-electron chi connectivity index (χ0n) is 19.4. The van der Waals surface area contributed by atoms with Crippen molar-refractivity contribution in [3.8, 4) is 0 Å². The molecule has 0 bridgehead atoms. The Kier molecular flexibility index (Phi) is 8.47. The minimum atomic E-state index is -0.328. The standard InChI is InChI=1S/C27H32N4O2/c1-4-17-30(27(33)28-24-15-13-22(5-2)14-16-24)21-26(32)31(19-23-10-7-6-8-11-23)20-25-12-9-18-29(25)3/h4,6-16,18H,1,5,17,19-21H2,2-3H3,(H,28,33). The Labute approximate surface area is 196 Å². The van der Waals surface area contributed by atoms with Crippen LogP contribution in [0.25, 0.3) is 0 Å². The number of aromatic nitrogens is 1. The van der Waals surface area contributed by atoms with Gasteiger partial charge in [-0.15, -0.1) is 6.58 Å². The van der Waals surface area contributed by atoms with Crippen molar-refractivity contribution in [2.45, 2.75) is 26.4 Å². The predicted octanol–water partition coefficient (Wildman–Crippen LogP) is 4.84. The highest BCUT2D eigenvalue weighted by atomic mass is 16.2. The molecular weight excluding hydrogens is 412 g/mol. The lowest BCUT2D eigenvalue weighted by atomic mass is 10.1. The topological polar surface area (TPSA) is 57.6 Å². The lowest BCUT2D eigenvalue weighted by Gasteiger charge is -2.27. The van der Waals surface area contributed by atoms with Gasteiger partial charge in [0.25, 0.3) is 0 Å². The third-order valence-electron chi connectivity index (χ3n) is 5.55. The molecule has 0 aliphatic rings. The van der Waals surface area contributed by atoms with Gasteiger partial charge in [-0.2, -0.15) is 0 Å². The second-order valence-corrected chi connectivity index (χ2v) is 8.00. The highest BCUT2D eigenvalue weighted by molar-refractivity contribution is 5.92. The molecule has 0 fully saturated rings. The molecule has 2 aromatic carbocycles. The summed E-state index contributed by atoms with van der Waals surface area (Å²) in [6, 6.07) is 21.2. The van der Waals surface area contributed by atoms with Gasteiger partial charge < -0.3 is 19.7 Å². The molecule has 6 nitrogen and oxygen atoms in total. The Morgan fingerprint density at radius 3 is 2.27 bits per heavy atom. The molecule has 6 heteroatoms. The molecule has 0 unspecified atom stereocenters. The number of hydrogen-bond acceptors (Lipinski definition) is 2. The maximum absolute atomic E-state index is 13.4. The van der Waals surface area contributed by atoms with E-state index in [1.54, 1.807) is 11.0 Å². The van der Waals surface area contributed by atoms with Gasteiger partial charge in [0.1, 0.15) is 6.54 Å². The number of benzene rings is 2. The van der Waals surface area contributed by atoms with Gasteiger partial charge >= 0.3 is 6.03 Å². The normalized spacial score (nSPS) is 10.5. The van der Waals surface area contributed by atoms with E-state index in [-0.39, 0.29) is 25.0 Å². The van der Waals surface area contributed by atoms with Crippen molar-refractivity contribution in [2.24, 2.45) is 7.05 Å². The number of hydrogen-bond donors (Lipinski definition) is 1. The van der Waals surface area contributed by atoms with Crippen molar-refractivity contribution in [3.63, 3.8) is 0 Å². The van der Waals surface area contributed by atoms with Crippen LogP contribution < -0.4 is 5.32 Å². The lowest BCUT2D eigenvalue weighted by molar-refractivity contribution is -0.133. The van der Waals surface area contributed by atoms with Crippen LogP contribution in [0.4, 0.5) is 10.5 Å². The van der Waals surface area contributed by atoms with Gasteiger partial charge in [-0.05, 0) is 41.8 Å². The highest BCUT2D eigenvalue weighted by Crippen LogP contribution is 2.14. The predicted molar refractivity (Wildman–Crippen MR) is 133 cm³/mol. The second kappa shape index (κ2) is 11.7. The van der Waals surface area contributed by atoms with Gasteiger partial charge in [0.05, 0.1) is 6.54 Å². The molecule has 3 aromatic rings. The Morgan fingerprint density at radius 1 is 0.939 bits per heavy atom. The van der Waals surface area contributed by atoms with E-state index in [2.05, 4.69) is 18.8 Å². The van der Waals surface area contributed by atoms with Gasteiger partial charge in [-0.1, -0.05) is 55.5 Å². The molecule has 1 N–H and O–H groups in total. The third kappa shape index (κ3) is 6.84. The number of amides is 3. The summed E-state index contributed by atoms with van der Waals surface area (Å²) >= 11 is 0. The van der Waals surface area contributed by atoms with E-state index in [0.29, 0.717) is 18.8 Å². The number of rotatable bonds is 10. The Balaban J connectivity index is 1.73. The van der Waals surface area contributed by atoms with Gasteiger partial charge in [-0.25, -0.2) is 4.79 Å². The molecule has 0 atom stereocenters. The van der Waals surface area contributed by atoms with Gasteiger partial charge in [-0.3, -0.25) is 4.79 Å². The molecule has 1 aromatic heterocycles. The Morgan fingerprint density at radius 2 is 1.67 bits per heavy atom. The number of carbonyl (C=O) groups is 2. The number of carbonyl (C=O) groups excluding carboxylic acids is 2. The van der Waals surface area contributed by atoms with Gasteiger partial charge in [0.2, 0.25) is 5.91 Å². The first kappa shape index (κ1) is 23.9. The van der Waals surface area contributed by atoms with Crippen LogP contribution >= 0.6 is 0 Å². The fourth-order valence-corrected chi connectivity index (χ4v) is 3.56. The summed E-state index contributed by atoms with van der Waals surface area (Å²) in [5.41, 5.74) is 3.96. The fourth-order valence-electron chi connectivity index (χ4n) is 3.56. The molecule has 0 saturated heterocycles. The number of anilines is 1. The quantitative estimate of drug-likeness (QED) is 0.455. The number of nitrogens with one attached hydrogen (secondary N) is 1. The maximum Gasteiger partial charge on any atom is 0.322 e. The number of aryl methyl sites for hydroxylation is 2. The zero-order chi connectivity index (χ0) is 23.6. The third-order valence-corrected chi connectivity index (χ3v) is 5.55. The summed E-state index contributed by atoms with van der Waals surface area (Å²) < 4.78 is 2.00. The summed E-state index contributed by atoms with van der Waals surface area (Å²) in [7, 11) is 1.96. The molecule has 0 saturated carbocycles. The molecule has 1 heterocycles. The Hall–Kier alpha value is -3.80. The van der Waals surface area contributed by atoms with E-state index in [1.807, 2.05) is 84.5 Å². The molecule has 3 amide bonds. The maximum atomic E-state index is 13.4. The highest BCUT2D eigenvalue weighted by Gasteiger charge is 2.22. The molecule has 172 valence electrons. The van der Waals surface area contributed by atoms with E-state index < -0.39 is 0 Å². The second-order valence-electron chi connectivity index (χ2n) is 8.00. The molecular formula is C27H32N4O2. The minimum absolute atomic E-state index is 0.0395. The van der Waals surface area contributed by atoms with Crippen LogP contribution in [0.3, 0.4) is 0 Å². The van der Waals surface area contributed by atoms with Crippen molar-refractivity contribution in [1.29, 1.82) is 0 Å². The van der Waals surface area contributed by atoms with Crippen LogP contribution in [0.2, 0.25) is 0 Å². The smallest absolute Gasteiger partial charge is 0.322 e. The van der Waals surface area contributed by atoms with Crippen molar-refractivity contribution in [3.05, 3.63) is 102 Å². The average Bonchev–Trinajstić information content (AvgIpc) is 3.23. The van der Waals surface area contributed by atoms with Crippen LogP contribution in [0, 0.1) is 0 Å². The van der Waals surface area contributed by atoms with Gasteiger partial charge in [0, 0.05) is 37.7 Å². The van der Waals surface area contributed by atoms with E-state index in [9.17, 15) is 9.59 Å². The largest absolute Gasteiger partial charge is 0.353 e. The summed E-state index contributed by atoms with van der Waals surface area (Å²) in [5.74, 6) is -0.126. The van der Waals surface area contributed by atoms with Crippen LogP contribution in [0.15, 0.2) is 85.6 Å². The van der Waals surface area contributed by atoms with E-state index >= 15 is 0 Å². The van der Waals surface area contributed by atoms with E-state index in [1.165, 1.54) is 10.5 Å². The van der Waals surface area contributed by atoms with Crippen molar-refractivity contribution in [1.82, 2.24) is 14.4 Å². The summed E-state index contributed by atoms with van der Waals surface area (Å²) in [4.78, 5) is 29.6. The van der Waals surface area contributed by atoms with Crippen LogP contribution in [-0.4, -0.2) is 39.4 Å². The SMILES string of the molecule is C=CCN(CC(=O)N(Cc1ccccc1)Cc1cccn1C)C(=O)Nc1ccc(CC)cc1. The molecule has 0 aliphatic carbocycles. The Bertz CT molecular complexity index is 1060. The van der Waals surface area contributed by atoms with Gasteiger partial charge in [0.15, 0.2) is 0 Å². The molecule has 0 spiro atoms. The first-order valence-corrected chi connectivity index (χ1v) is 11.2. The number of nitrogens with zero attached hydrogens (tertiary/aromatic N) is 3. The minimum Gasteiger partial charge on any atom is -0.353 e. The lowest BCUT2D eigenvalue weighted by Crippen LogP contribution is -2.44. The molecule has 0 radical (unpaired) electrons. The van der Waals surface area contributed by atoms with E-state index in [0.717, 1.165) is 17.7 Å². The van der Waals surface area contributed by atoms with Crippen molar-refractivity contribution in [2.75, 3.05) is 18.4 Å². The summed E-state index contributed by atoms with van der Waals surface area (Å²) in [6.07, 6.45) is 4.53. The summed E-state index contributed by atoms with van der Waals surface area (Å²) in [5, 5.41) is 2.89. The monoisotopic (exact) mass is 444 g/mol. The van der Waals surface area contributed by atoms with Crippen LogP contribution in [0.1, 0.15) is 23.7 Å². The van der Waals surface area contributed by atoms with Crippen molar-refractivity contribution >= 4 is 17.6 Å². The number of urea groups is 1. The first-order valence-electron chi connectivity index (χ1n) is 11.2. The van der Waals surface area contributed by atoms with E-state index in [4.69, 9.17) is 0 Å². The zero-order valence-corrected chi connectivity index (χ0v) is 19.4. The fraction of sp³-hybridized carbons (Fsp3) is 0.259. The molecule has 0 aliphatic heterocycles. The van der Waals surface area contributed by atoms with Crippen LogP contribution in [-0.2, 0) is 31.4 Å².